The van der Waals surface area contributed by atoms with Gasteiger partial charge in [-0.05, 0) is 74.4 Å². The van der Waals surface area contributed by atoms with Crippen molar-refractivity contribution in [1.82, 2.24) is 0 Å². The van der Waals surface area contributed by atoms with Crippen LogP contribution in [0.4, 0.5) is 11.4 Å². The Balaban J connectivity index is 1.97. The molecule has 0 aliphatic carbocycles. The molecule has 3 heteroatoms. The van der Waals surface area contributed by atoms with Crippen LogP contribution in [0.5, 0.6) is 0 Å². The number of allylic oxidation sites excluding steroid dienone is 4. The lowest BCUT2D eigenvalue weighted by Crippen LogP contribution is -2.32. The predicted molar refractivity (Wildman–Crippen MR) is 165 cm³/mol. The number of rotatable bonds is 12. The van der Waals surface area contributed by atoms with Crippen LogP contribution < -0.4 is 10.2 Å². The average molecular weight is 496 g/mol. The van der Waals surface area contributed by atoms with Crippen molar-refractivity contribution in [2.24, 2.45) is 4.99 Å². The largest absolute Gasteiger partial charge is 0.381 e. The minimum atomic E-state index is -0.0195. The van der Waals surface area contributed by atoms with Crippen LogP contribution in [0.2, 0.25) is 0 Å². The molecule has 3 nitrogen and oxygen atoms in total. The first-order valence-corrected chi connectivity index (χ1v) is 13.6. The van der Waals surface area contributed by atoms with Crippen molar-refractivity contribution in [3.8, 4) is 0 Å². The highest BCUT2D eigenvalue weighted by atomic mass is 15.1. The summed E-state index contributed by atoms with van der Waals surface area (Å²) in [7, 11) is 2.14. The zero-order chi connectivity index (χ0) is 27.1. The van der Waals surface area contributed by atoms with Gasteiger partial charge in [0.15, 0.2) is 0 Å². The molecule has 1 aliphatic rings. The molecule has 2 aromatic rings. The van der Waals surface area contributed by atoms with Gasteiger partial charge in [-0.25, -0.2) is 0 Å². The van der Waals surface area contributed by atoms with E-state index in [0.29, 0.717) is 12.0 Å². The van der Waals surface area contributed by atoms with Crippen LogP contribution >= 0.6 is 0 Å². The molecule has 2 unspecified atom stereocenters. The summed E-state index contributed by atoms with van der Waals surface area (Å²) in [6, 6.07) is 15.7. The lowest BCUT2D eigenvalue weighted by Gasteiger charge is -2.35. The number of benzene rings is 2. The van der Waals surface area contributed by atoms with E-state index in [0.717, 1.165) is 41.9 Å². The van der Waals surface area contributed by atoms with Crippen LogP contribution in [0.25, 0.3) is 0 Å². The van der Waals surface area contributed by atoms with Crippen molar-refractivity contribution < 1.29 is 0 Å². The van der Waals surface area contributed by atoms with Gasteiger partial charge in [-0.2, -0.15) is 0 Å². The van der Waals surface area contributed by atoms with E-state index in [4.69, 9.17) is 4.99 Å². The molecule has 196 valence electrons. The summed E-state index contributed by atoms with van der Waals surface area (Å²) in [4.78, 5) is 7.53. The number of para-hydroxylation sites is 2. The molecule has 1 heterocycles. The van der Waals surface area contributed by atoms with Gasteiger partial charge in [-0.15, -0.1) is 0 Å². The summed E-state index contributed by atoms with van der Waals surface area (Å²) in [6.07, 6.45) is 7.98. The minimum Gasteiger partial charge on any atom is -0.381 e. The number of aliphatic imine (C=N–C) groups is 1. The van der Waals surface area contributed by atoms with Crippen molar-refractivity contribution >= 4 is 17.1 Å². The maximum Gasteiger partial charge on any atom is 0.0799 e. The molecule has 1 aliphatic heterocycles. The summed E-state index contributed by atoms with van der Waals surface area (Å²) in [5.41, 5.74) is 9.45. The highest BCUT2D eigenvalue weighted by Crippen LogP contribution is 2.40. The molecular weight excluding hydrogens is 450 g/mol. The van der Waals surface area contributed by atoms with Crippen molar-refractivity contribution in [3.05, 3.63) is 108 Å². The summed E-state index contributed by atoms with van der Waals surface area (Å²) >= 11 is 0. The second kappa shape index (κ2) is 12.8. The highest BCUT2D eigenvalue weighted by Gasteiger charge is 2.32. The Morgan fingerprint density at radius 1 is 1.11 bits per heavy atom. The Kier molecular flexibility index (Phi) is 9.74. The summed E-state index contributed by atoms with van der Waals surface area (Å²) in [5.74, 6) is 0.706. The summed E-state index contributed by atoms with van der Waals surface area (Å²) < 4.78 is 0. The normalized spacial score (nSPS) is 17.0. The van der Waals surface area contributed by atoms with E-state index in [1.807, 2.05) is 13.0 Å². The van der Waals surface area contributed by atoms with Gasteiger partial charge in [-0.1, -0.05) is 81.6 Å². The second-order valence-corrected chi connectivity index (χ2v) is 10.8. The van der Waals surface area contributed by atoms with Gasteiger partial charge < -0.3 is 10.2 Å². The standard InChI is InChI=1S/C34H45N3/c1-10-14-25(7)17-19-29-30-21-27(23(3)4)18-20-28(30)31(11-2)36-34(29)26(8)22-37(9)33-16-13-12-15-32(33)35-24(5)6/h10-16,18,20-21,23-24,29,34-35H,2,7-8,17,19,22H2,1,3-6,9H3/b14-10-. The topological polar surface area (TPSA) is 27.6 Å². The average Bonchev–Trinajstić information content (AvgIpc) is 2.86. The van der Waals surface area contributed by atoms with E-state index in [1.165, 1.54) is 22.4 Å². The Bertz CT molecular complexity index is 1180. The van der Waals surface area contributed by atoms with Crippen LogP contribution in [0.1, 0.15) is 76.0 Å². The third kappa shape index (κ3) is 6.91. The molecule has 1 N–H and O–H groups in total. The fraction of sp³-hybridized carbons (Fsp3) is 0.382. The van der Waals surface area contributed by atoms with E-state index in [1.54, 1.807) is 0 Å². The van der Waals surface area contributed by atoms with E-state index < -0.39 is 0 Å². The minimum absolute atomic E-state index is 0.0195. The van der Waals surface area contributed by atoms with Crippen molar-refractivity contribution in [1.29, 1.82) is 0 Å². The number of anilines is 2. The smallest absolute Gasteiger partial charge is 0.0799 e. The molecule has 0 saturated heterocycles. The summed E-state index contributed by atoms with van der Waals surface area (Å²) in [6.45, 7) is 24.6. The molecule has 0 fully saturated rings. The lowest BCUT2D eigenvalue weighted by atomic mass is 9.77. The molecular formula is C34H45N3. The molecule has 0 amide bonds. The SMILES string of the molecule is C=CC1=NC(C(=C)CN(C)c2ccccc2NC(C)C)C(CCC(=C)/C=C\C)c2cc(C(C)C)ccc21. The van der Waals surface area contributed by atoms with E-state index in [9.17, 15) is 0 Å². The summed E-state index contributed by atoms with van der Waals surface area (Å²) in [5, 5.41) is 3.58. The molecule has 2 atom stereocenters. The Labute approximate surface area is 225 Å². The van der Waals surface area contributed by atoms with Gasteiger partial charge in [0.2, 0.25) is 0 Å². The number of hydrogen-bond donors (Lipinski definition) is 1. The monoisotopic (exact) mass is 495 g/mol. The van der Waals surface area contributed by atoms with Crippen LogP contribution in [-0.4, -0.2) is 31.4 Å². The van der Waals surface area contributed by atoms with Gasteiger partial charge in [0.25, 0.3) is 0 Å². The highest BCUT2D eigenvalue weighted by molar-refractivity contribution is 6.10. The molecule has 0 bridgehead atoms. The first-order valence-electron chi connectivity index (χ1n) is 13.6. The maximum absolute atomic E-state index is 5.25. The molecule has 37 heavy (non-hydrogen) atoms. The third-order valence-corrected chi connectivity index (χ3v) is 7.07. The first kappa shape index (κ1) is 28.2. The molecule has 3 rings (SSSR count). The van der Waals surface area contributed by atoms with E-state index in [-0.39, 0.29) is 12.0 Å². The number of hydrogen-bond acceptors (Lipinski definition) is 3. The second-order valence-electron chi connectivity index (χ2n) is 10.8. The maximum atomic E-state index is 5.25. The van der Waals surface area contributed by atoms with Crippen molar-refractivity contribution in [2.75, 3.05) is 23.8 Å². The molecule has 2 aromatic carbocycles. The third-order valence-electron chi connectivity index (χ3n) is 7.07. The van der Waals surface area contributed by atoms with Gasteiger partial charge in [0.1, 0.15) is 0 Å². The molecule has 0 spiro atoms. The van der Waals surface area contributed by atoms with Gasteiger partial charge in [0.05, 0.1) is 23.1 Å². The van der Waals surface area contributed by atoms with Crippen LogP contribution in [-0.2, 0) is 0 Å². The zero-order valence-electron chi connectivity index (χ0n) is 23.7. The van der Waals surface area contributed by atoms with E-state index in [2.05, 4.69) is 119 Å². The Hall–Kier alpha value is -3.33. The van der Waals surface area contributed by atoms with Crippen LogP contribution in [0.15, 0.2) is 96.6 Å². The number of likely N-dealkylation sites (N-methyl/N-ethyl adjacent to an activating group) is 1. The number of nitrogens with zero attached hydrogens (tertiary/aromatic N) is 2. The molecule has 0 aromatic heterocycles. The lowest BCUT2D eigenvalue weighted by molar-refractivity contribution is 0.536. The fourth-order valence-corrected chi connectivity index (χ4v) is 5.19. The van der Waals surface area contributed by atoms with Crippen molar-refractivity contribution in [3.63, 3.8) is 0 Å². The van der Waals surface area contributed by atoms with Gasteiger partial charge in [-0.3, -0.25) is 4.99 Å². The van der Waals surface area contributed by atoms with Crippen molar-refractivity contribution in [2.45, 2.75) is 71.4 Å². The number of nitrogens with one attached hydrogen (secondary N) is 1. The predicted octanol–water partition coefficient (Wildman–Crippen LogP) is 8.68. The molecule has 0 radical (unpaired) electrons. The fourth-order valence-electron chi connectivity index (χ4n) is 5.19. The zero-order valence-corrected chi connectivity index (χ0v) is 23.7. The Morgan fingerprint density at radius 2 is 1.84 bits per heavy atom. The van der Waals surface area contributed by atoms with Crippen LogP contribution in [0.3, 0.4) is 0 Å². The van der Waals surface area contributed by atoms with Crippen LogP contribution in [0, 0.1) is 0 Å². The quantitative estimate of drug-likeness (QED) is 0.236. The number of fused-ring (bicyclic) bond motifs is 1. The van der Waals surface area contributed by atoms with E-state index >= 15 is 0 Å². The molecule has 0 saturated carbocycles. The first-order chi connectivity index (χ1) is 17.7. The van der Waals surface area contributed by atoms with Gasteiger partial charge in [0, 0.05) is 31.1 Å². The van der Waals surface area contributed by atoms with Gasteiger partial charge >= 0.3 is 0 Å². The Morgan fingerprint density at radius 3 is 2.49 bits per heavy atom.